The Kier molecular flexibility index (Phi) is 4.55. The van der Waals surface area contributed by atoms with Gasteiger partial charge in [0.1, 0.15) is 0 Å². The summed E-state index contributed by atoms with van der Waals surface area (Å²) in [7, 11) is 1.87. The van der Waals surface area contributed by atoms with Crippen LogP contribution in [-0.2, 0) is 4.79 Å². The van der Waals surface area contributed by atoms with Crippen molar-refractivity contribution in [2.45, 2.75) is 5.16 Å². The molecule has 0 aliphatic carbocycles. The molecule has 4 N–H and O–H groups in total. The zero-order chi connectivity index (χ0) is 18.8. The molecule has 0 atom stereocenters. The molecule has 27 heavy (non-hydrogen) atoms. The van der Waals surface area contributed by atoms with Crippen LogP contribution in [0.5, 0.6) is 0 Å². The van der Waals surface area contributed by atoms with Gasteiger partial charge in [-0.1, -0.05) is 23.9 Å². The van der Waals surface area contributed by atoms with Crippen LogP contribution >= 0.6 is 11.8 Å². The van der Waals surface area contributed by atoms with Gasteiger partial charge in [0.25, 0.3) is 0 Å². The zero-order valence-electron chi connectivity index (χ0n) is 14.5. The Labute approximate surface area is 159 Å². The third kappa shape index (κ3) is 3.65. The lowest BCUT2D eigenvalue weighted by atomic mass is 10.0. The fraction of sp³-hybridized carbons (Fsp3) is 0.105. The van der Waals surface area contributed by atoms with Crippen LogP contribution in [0.4, 0.5) is 5.69 Å². The largest absolute Gasteiger partial charge is 0.481 e. The van der Waals surface area contributed by atoms with Crippen LogP contribution in [0.2, 0.25) is 0 Å². The molecule has 8 heteroatoms. The van der Waals surface area contributed by atoms with Crippen LogP contribution in [0.3, 0.4) is 0 Å². The van der Waals surface area contributed by atoms with Crippen molar-refractivity contribution < 1.29 is 9.90 Å². The van der Waals surface area contributed by atoms with Gasteiger partial charge in [-0.25, -0.2) is 4.98 Å². The molecule has 2 aromatic heterocycles. The van der Waals surface area contributed by atoms with E-state index in [4.69, 9.17) is 5.11 Å². The van der Waals surface area contributed by atoms with E-state index in [0.29, 0.717) is 11.0 Å². The molecule has 0 radical (unpaired) electrons. The Hall–Kier alpha value is -3.26. The van der Waals surface area contributed by atoms with Crippen molar-refractivity contribution in [1.29, 1.82) is 0 Å². The summed E-state index contributed by atoms with van der Waals surface area (Å²) in [4.78, 5) is 18.4. The Morgan fingerprint density at radius 3 is 2.81 bits per heavy atom. The second-order valence-corrected chi connectivity index (χ2v) is 6.92. The maximum atomic E-state index is 10.7. The van der Waals surface area contributed by atoms with Gasteiger partial charge in [0.2, 0.25) is 5.16 Å². The molecule has 2 aromatic carbocycles. The number of aromatic nitrogens is 4. The molecule has 136 valence electrons. The number of benzene rings is 2. The minimum absolute atomic E-state index is 0.0741. The predicted molar refractivity (Wildman–Crippen MR) is 107 cm³/mol. The van der Waals surface area contributed by atoms with Crippen LogP contribution in [0.1, 0.15) is 0 Å². The van der Waals surface area contributed by atoms with Crippen LogP contribution in [0.15, 0.2) is 53.8 Å². The third-order valence-electron chi connectivity index (χ3n) is 4.17. The Balaban J connectivity index is 1.71. The van der Waals surface area contributed by atoms with E-state index in [1.165, 1.54) is 5.39 Å². The lowest BCUT2D eigenvalue weighted by Crippen LogP contribution is -1.97. The molecule has 0 saturated carbocycles. The highest BCUT2D eigenvalue weighted by molar-refractivity contribution is 7.99. The molecular weight excluding hydrogens is 362 g/mol. The van der Waals surface area contributed by atoms with Gasteiger partial charge in [-0.15, -0.1) is 5.10 Å². The van der Waals surface area contributed by atoms with Crippen molar-refractivity contribution in [3.63, 3.8) is 0 Å². The van der Waals surface area contributed by atoms with E-state index in [-0.39, 0.29) is 5.75 Å². The number of nitrogens with one attached hydrogen (secondary N) is 3. The number of H-pyrrole nitrogens is 2. The second-order valence-electron chi connectivity index (χ2n) is 5.98. The first kappa shape index (κ1) is 17.2. The van der Waals surface area contributed by atoms with Gasteiger partial charge < -0.3 is 15.4 Å². The minimum Gasteiger partial charge on any atom is -0.481 e. The standard InChI is InChI=1S/C19H17N5O2S/c1-20-15-7-13(12-3-2-11-4-5-21-16(11)9-12)6-14(8-15)18-22-19(24-23-18)27-10-17(25)26/h2-9,20-21H,10H2,1H3,(H,25,26)(H,22,23,24). The summed E-state index contributed by atoms with van der Waals surface area (Å²) < 4.78 is 0. The number of hydrogen-bond acceptors (Lipinski definition) is 5. The summed E-state index contributed by atoms with van der Waals surface area (Å²) in [5.74, 6) is -0.373. The third-order valence-corrected chi connectivity index (χ3v) is 5.01. The summed E-state index contributed by atoms with van der Waals surface area (Å²) in [6.45, 7) is 0. The first-order chi connectivity index (χ1) is 13.1. The van der Waals surface area contributed by atoms with Crippen LogP contribution in [0, 0.1) is 0 Å². The molecular formula is C19H17N5O2S. The van der Waals surface area contributed by atoms with Crippen LogP contribution in [-0.4, -0.2) is 44.0 Å². The summed E-state index contributed by atoms with van der Waals surface area (Å²) in [5.41, 5.74) is 5.03. The molecule has 4 rings (SSSR count). The minimum atomic E-state index is -0.898. The van der Waals surface area contributed by atoms with Crippen molar-refractivity contribution in [2.24, 2.45) is 0 Å². The van der Waals surface area contributed by atoms with Gasteiger partial charge in [0, 0.05) is 30.0 Å². The number of nitrogens with zero attached hydrogens (tertiary/aromatic N) is 2. The van der Waals surface area contributed by atoms with Gasteiger partial charge in [-0.3, -0.25) is 9.89 Å². The molecule has 0 saturated heterocycles. The van der Waals surface area contributed by atoms with Crippen molar-refractivity contribution in [2.75, 3.05) is 18.1 Å². The number of anilines is 1. The Bertz CT molecular complexity index is 1120. The number of thioether (sulfide) groups is 1. The van der Waals surface area contributed by atoms with E-state index in [9.17, 15) is 4.79 Å². The molecule has 0 aliphatic heterocycles. The summed E-state index contributed by atoms with van der Waals surface area (Å²) >= 11 is 1.08. The molecule has 0 bridgehead atoms. The molecule has 7 nitrogen and oxygen atoms in total. The van der Waals surface area contributed by atoms with Gasteiger partial charge in [0.05, 0.1) is 5.75 Å². The van der Waals surface area contributed by atoms with Crippen molar-refractivity contribution in [3.8, 4) is 22.5 Å². The number of carboxylic acid groups (broad SMARTS) is 1. The van der Waals surface area contributed by atoms with E-state index in [2.05, 4.69) is 49.7 Å². The number of carbonyl (C=O) groups is 1. The van der Waals surface area contributed by atoms with E-state index in [1.807, 2.05) is 31.4 Å². The van der Waals surface area contributed by atoms with Crippen molar-refractivity contribution >= 4 is 34.3 Å². The smallest absolute Gasteiger partial charge is 0.313 e. The normalized spacial score (nSPS) is 11.0. The van der Waals surface area contributed by atoms with E-state index < -0.39 is 5.97 Å². The quantitative estimate of drug-likeness (QED) is 0.379. The van der Waals surface area contributed by atoms with E-state index >= 15 is 0 Å². The summed E-state index contributed by atoms with van der Waals surface area (Å²) in [6.07, 6.45) is 1.93. The second kappa shape index (κ2) is 7.16. The molecule has 0 aliphatic rings. The highest BCUT2D eigenvalue weighted by Crippen LogP contribution is 2.31. The van der Waals surface area contributed by atoms with E-state index in [1.54, 1.807) is 0 Å². The molecule has 0 unspecified atom stereocenters. The molecule has 2 heterocycles. The topological polar surface area (TPSA) is 107 Å². The number of aromatic amines is 2. The van der Waals surface area contributed by atoms with Gasteiger partial charge >= 0.3 is 5.97 Å². The van der Waals surface area contributed by atoms with Crippen LogP contribution < -0.4 is 5.32 Å². The lowest BCUT2D eigenvalue weighted by Gasteiger charge is -2.09. The average molecular weight is 379 g/mol. The van der Waals surface area contributed by atoms with Gasteiger partial charge in [-0.2, -0.15) is 0 Å². The van der Waals surface area contributed by atoms with Gasteiger partial charge in [-0.05, 0) is 46.8 Å². The molecule has 0 amide bonds. The Morgan fingerprint density at radius 2 is 2.00 bits per heavy atom. The number of rotatable bonds is 6. The zero-order valence-corrected chi connectivity index (χ0v) is 15.3. The maximum Gasteiger partial charge on any atom is 0.313 e. The van der Waals surface area contributed by atoms with Gasteiger partial charge in [0.15, 0.2) is 5.82 Å². The first-order valence-electron chi connectivity index (χ1n) is 8.30. The van der Waals surface area contributed by atoms with Crippen molar-refractivity contribution in [1.82, 2.24) is 20.2 Å². The fourth-order valence-corrected chi connectivity index (χ4v) is 3.39. The highest BCUT2D eigenvalue weighted by atomic mass is 32.2. The summed E-state index contributed by atoms with van der Waals surface area (Å²) in [6, 6.07) is 14.4. The first-order valence-corrected chi connectivity index (χ1v) is 9.28. The maximum absolute atomic E-state index is 10.7. The predicted octanol–water partition coefficient (Wildman–Crippen LogP) is 3.84. The number of fused-ring (bicyclic) bond motifs is 1. The number of aliphatic carboxylic acids is 1. The van der Waals surface area contributed by atoms with E-state index in [0.717, 1.165) is 39.7 Å². The SMILES string of the molecule is CNc1cc(-c2ccc3cc[nH]c3c2)cc(-c2nc(SCC(=O)O)n[nH]2)c1. The van der Waals surface area contributed by atoms with Crippen LogP contribution in [0.25, 0.3) is 33.4 Å². The lowest BCUT2D eigenvalue weighted by molar-refractivity contribution is -0.133. The molecule has 0 fully saturated rings. The monoisotopic (exact) mass is 379 g/mol. The van der Waals surface area contributed by atoms with Crippen molar-refractivity contribution in [3.05, 3.63) is 48.7 Å². The number of carboxylic acids is 1. The number of hydrogen-bond donors (Lipinski definition) is 4. The fourth-order valence-electron chi connectivity index (χ4n) is 2.87. The molecule has 0 spiro atoms. The summed E-state index contributed by atoms with van der Waals surface area (Å²) in [5, 5.41) is 20.5. The Morgan fingerprint density at radius 1 is 1.15 bits per heavy atom. The molecule has 4 aromatic rings. The average Bonchev–Trinajstić information content (AvgIpc) is 3.34. The highest BCUT2D eigenvalue weighted by Gasteiger charge is 2.11.